The van der Waals surface area contributed by atoms with Crippen LogP contribution in [-0.2, 0) is 19.0 Å². The van der Waals surface area contributed by atoms with E-state index in [4.69, 9.17) is 8.92 Å². The maximum Gasteiger partial charge on any atom is 0.297 e. The molecule has 2 fully saturated rings. The summed E-state index contributed by atoms with van der Waals surface area (Å²) in [4.78, 5) is 0.218. The molecular formula is C13H16O4S. The molecular weight excluding hydrogens is 252 g/mol. The molecule has 2 aliphatic heterocycles. The van der Waals surface area contributed by atoms with Crippen LogP contribution in [0.1, 0.15) is 24.8 Å². The number of hydrogen-bond acceptors (Lipinski definition) is 4. The molecule has 0 spiro atoms. The van der Waals surface area contributed by atoms with Crippen molar-refractivity contribution < 1.29 is 17.3 Å². The molecule has 3 rings (SSSR count). The monoisotopic (exact) mass is 268 g/mol. The van der Waals surface area contributed by atoms with Crippen molar-refractivity contribution in [1.29, 1.82) is 0 Å². The molecule has 0 radical (unpaired) electrons. The van der Waals surface area contributed by atoms with Gasteiger partial charge in [-0.3, -0.25) is 4.18 Å². The quantitative estimate of drug-likeness (QED) is 0.787. The second-order valence-corrected chi connectivity index (χ2v) is 6.58. The van der Waals surface area contributed by atoms with Crippen LogP contribution in [0.25, 0.3) is 0 Å². The normalized spacial score (nSPS) is 30.8. The van der Waals surface area contributed by atoms with Gasteiger partial charge >= 0.3 is 0 Å². The molecule has 1 aromatic carbocycles. The number of hydrogen-bond donors (Lipinski definition) is 0. The molecule has 0 saturated carbocycles. The number of aryl methyl sites for hydroxylation is 1. The molecule has 2 heterocycles. The van der Waals surface area contributed by atoms with Crippen LogP contribution in [-0.4, -0.2) is 26.7 Å². The minimum absolute atomic E-state index is 0.0461. The van der Waals surface area contributed by atoms with Crippen molar-refractivity contribution in [3.05, 3.63) is 29.8 Å². The van der Waals surface area contributed by atoms with E-state index in [2.05, 4.69) is 0 Å². The Hall–Kier alpha value is -0.910. The highest BCUT2D eigenvalue weighted by molar-refractivity contribution is 7.86. The highest BCUT2D eigenvalue weighted by atomic mass is 32.2. The first-order valence-electron chi connectivity index (χ1n) is 6.20. The second-order valence-electron chi connectivity index (χ2n) is 5.01. The molecule has 0 aliphatic carbocycles. The van der Waals surface area contributed by atoms with Gasteiger partial charge in [0.15, 0.2) is 0 Å². The fourth-order valence-electron chi connectivity index (χ4n) is 2.62. The Morgan fingerprint density at radius 2 is 1.94 bits per heavy atom. The Bertz CT molecular complexity index is 535. The average molecular weight is 268 g/mol. The van der Waals surface area contributed by atoms with Gasteiger partial charge in [-0.15, -0.1) is 0 Å². The lowest BCUT2D eigenvalue weighted by atomic mass is 9.98. The topological polar surface area (TPSA) is 52.6 Å². The molecule has 18 heavy (non-hydrogen) atoms. The third kappa shape index (κ3) is 2.18. The van der Waals surface area contributed by atoms with E-state index >= 15 is 0 Å². The van der Waals surface area contributed by atoms with E-state index in [1.807, 2.05) is 6.92 Å². The van der Waals surface area contributed by atoms with Crippen LogP contribution in [0.4, 0.5) is 0 Å². The first-order chi connectivity index (χ1) is 8.54. The van der Waals surface area contributed by atoms with Crippen molar-refractivity contribution in [2.75, 3.05) is 0 Å². The lowest BCUT2D eigenvalue weighted by Gasteiger charge is -2.18. The van der Waals surface area contributed by atoms with Gasteiger partial charge in [-0.25, -0.2) is 0 Å². The molecule has 1 aromatic rings. The van der Waals surface area contributed by atoms with Gasteiger partial charge in [0.2, 0.25) is 0 Å². The van der Waals surface area contributed by atoms with Crippen molar-refractivity contribution >= 4 is 10.1 Å². The van der Waals surface area contributed by atoms with E-state index in [9.17, 15) is 8.42 Å². The summed E-state index contributed by atoms with van der Waals surface area (Å²) in [6.07, 6.45) is 2.45. The summed E-state index contributed by atoms with van der Waals surface area (Å²) in [6.45, 7) is 1.92. The summed E-state index contributed by atoms with van der Waals surface area (Å²) in [5, 5.41) is 0. The molecule has 98 valence electrons. The lowest BCUT2D eigenvalue weighted by Crippen LogP contribution is -2.28. The zero-order valence-electron chi connectivity index (χ0n) is 10.2. The molecule has 0 N–H and O–H groups in total. The highest BCUT2D eigenvalue weighted by Crippen LogP contribution is 2.37. The van der Waals surface area contributed by atoms with E-state index in [0.29, 0.717) is 6.42 Å². The largest absolute Gasteiger partial charge is 0.372 e. The molecule has 2 saturated heterocycles. The summed E-state index contributed by atoms with van der Waals surface area (Å²) < 4.78 is 35.1. The van der Waals surface area contributed by atoms with Gasteiger partial charge in [0, 0.05) is 6.42 Å². The van der Waals surface area contributed by atoms with Crippen molar-refractivity contribution in [2.45, 2.75) is 49.4 Å². The van der Waals surface area contributed by atoms with E-state index < -0.39 is 10.1 Å². The Kier molecular flexibility index (Phi) is 2.92. The summed E-state index contributed by atoms with van der Waals surface area (Å²) in [5.41, 5.74) is 1.03. The molecule has 4 nitrogen and oxygen atoms in total. The molecule has 0 aromatic heterocycles. The first kappa shape index (κ1) is 12.1. The zero-order chi connectivity index (χ0) is 12.8. The number of rotatable bonds is 3. The van der Waals surface area contributed by atoms with Crippen LogP contribution in [0.15, 0.2) is 29.2 Å². The van der Waals surface area contributed by atoms with Gasteiger partial charge in [0.25, 0.3) is 10.1 Å². The molecule has 2 aliphatic rings. The van der Waals surface area contributed by atoms with Gasteiger partial charge in [-0.2, -0.15) is 8.42 Å². The molecule has 0 amide bonds. The van der Waals surface area contributed by atoms with E-state index in [1.54, 1.807) is 24.3 Å². The van der Waals surface area contributed by atoms with Gasteiger partial charge in [-0.05, 0) is 31.9 Å². The van der Waals surface area contributed by atoms with Gasteiger partial charge < -0.3 is 4.74 Å². The van der Waals surface area contributed by atoms with Crippen molar-refractivity contribution in [2.24, 2.45) is 0 Å². The van der Waals surface area contributed by atoms with Crippen molar-refractivity contribution in [3.8, 4) is 0 Å². The Morgan fingerprint density at radius 1 is 1.22 bits per heavy atom. The van der Waals surface area contributed by atoms with Crippen LogP contribution in [0.5, 0.6) is 0 Å². The predicted octanol–water partition coefficient (Wildman–Crippen LogP) is 2.02. The molecule has 5 heteroatoms. The molecule has 2 bridgehead atoms. The van der Waals surface area contributed by atoms with E-state index in [1.165, 1.54) is 0 Å². The highest BCUT2D eigenvalue weighted by Gasteiger charge is 2.43. The number of fused-ring (bicyclic) bond motifs is 2. The van der Waals surface area contributed by atoms with E-state index in [-0.39, 0.29) is 23.2 Å². The Labute approximate surface area is 107 Å². The summed E-state index contributed by atoms with van der Waals surface area (Å²) in [6, 6.07) is 6.71. The van der Waals surface area contributed by atoms with Crippen LogP contribution >= 0.6 is 0 Å². The standard InChI is InChI=1S/C13H16O4S/c1-9-2-5-11(6-3-9)18(14,15)17-13-8-10-4-7-12(13)16-10/h2-3,5-6,10,12-13H,4,7-8H2,1H3/t10-,12+,13+/m0/s1. The Morgan fingerprint density at radius 3 is 2.50 bits per heavy atom. The fourth-order valence-corrected chi connectivity index (χ4v) is 3.72. The van der Waals surface area contributed by atoms with Crippen LogP contribution < -0.4 is 0 Å². The SMILES string of the molecule is Cc1ccc(S(=O)(=O)O[C@@H]2C[C@@H]3CC[C@H]2O3)cc1. The Balaban J connectivity index is 1.77. The summed E-state index contributed by atoms with van der Waals surface area (Å²) >= 11 is 0. The lowest BCUT2D eigenvalue weighted by molar-refractivity contribution is 0.0663. The third-order valence-corrected chi connectivity index (χ3v) is 4.96. The second kappa shape index (κ2) is 4.33. The molecule has 3 atom stereocenters. The van der Waals surface area contributed by atoms with Crippen molar-refractivity contribution in [1.82, 2.24) is 0 Å². The summed E-state index contributed by atoms with van der Waals surface area (Å²) in [7, 11) is -3.66. The summed E-state index contributed by atoms with van der Waals surface area (Å²) in [5.74, 6) is 0. The van der Waals surface area contributed by atoms with Crippen molar-refractivity contribution in [3.63, 3.8) is 0 Å². The first-order valence-corrected chi connectivity index (χ1v) is 7.61. The maximum absolute atomic E-state index is 12.1. The minimum atomic E-state index is -3.66. The minimum Gasteiger partial charge on any atom is -0.372 e. The third-order valence-electron chi connectivity index (χ3n) is 3.61. The van der Waals surface area contributed by atoms with Gasteiger partial charge in [0.05, 0.1) is 17.1 Å². The van der Waals surface area contributed by atoms with Gasteiger partial charge in [-0.1, -0.05) is 17.7 Å². The molecule has 0 unspecified atom stereocenters. The van der Waals surface area contributed by atoms with Crippen LogP contribution in [0.2, 0.25) is 0 Å². The van der Waals surface area contributed by atoms with Crippen LogP contribution in [0.3, 0.4) is 0 Å². The predicted molar refractivity (Wildman–Crippen MR) is 65.7 cm³/mol. The number of benzene rings is 1. The van der Waals surface area contributed by atoms with Crippen LogP contribution in [0, 0.1) is 6.92 Å². The maximum atomic E-state index is 12.1. The van der Waals surface area contributed by atoms with E-state index in [0.717, 1.165) is 18.4 Å². The smallest absolute Gasteiger partial charge is 0.297 e. The zero-order valence-corrected chi connectivity index (χ0v) is 11.0. The fraction of sp³-hybridized carbons (Fsp3) is 0.538. The number of ether oxygens (including phenoxy) is 1. The average Bonchev–Trinajstić information content (AvgIpc) is 2.91. The van der Waals surface area contributed by atoms with Gasteiger partial charge in [0.1, 0.15) is 6.10 Å².